The van der Waals surface area contributed by atoms with Crippen molar-refractivity contribution < 1.29 is 14.1 Å². The van der Waals surface area contributed by atoms with Crippen molar-refractivity contribution in [2.24, 2.45) is 0 Å². The summed E-state index contributed by atoms with van der Waals surface area (Å²) in [6.45, 7) is 8.27. The lowest BCUT2D eigenvalue weighted by molar-refractivity contribution is -0.143. The number of rotatable bonds is 8. The highest BCUT2D eigenvalue weighted by Crippen LogP contribution is 2.20. The Bertz CT molecular complexity index is 650. The number of esters is 1. The number of nitrogens with zero attached hydrogens (tertiary/aromatic N) is 2. The number of carbonyl (C=O) groups excluding carboxylic acids is 1. The third-order valence-electron chi connectivity index (χ3n) is 3.60. The normalized spacial score (nSPS) is 12.2. The zero-order chi connectivity index (χ0) is 17.5. The number of anilines is 1. The fourth-order valence-corrected chi connectivity index (χ4v) is 2.22. The lowest BCUT2D eigenvalue weighted by Crippen LogP contribution is -2.07. The van der Waals surface area contributed by atoms with Gasteiger partial charge < -0.3 is 14.6 Å². The van der Waals surface area contributed by atoms with Gasteiger partial charge in [0, 0.05) is 18.0 Å². The quantitative estimate of drug-likeness (QED) is 0.740. The van der Waals surface area contributed by atoms with Crippen LogP contribution in [0.1, 0.15) is 63.4 Å². The van der Waals surface area contributed by atoms with Crippen molar-refractivity contribution in [3.8, 4) is 0 Å². The minimum Gasteiger partial charge on any atom is -0.466 e. The highest BCUT2D eigenvalue weighted by Gasteiger charge is 2.15. The zero-order valence-corrected chi connectivity index (χ0v) is 14.7. The molecule has 0 aliphatic rings. The third kappa shape index (κ3) is 5.08. The molecular weight excluding hydrogens is 306 g/mol. The van der Waals surface area contributed by atoms with Crippen molar-refractivity contribution in [1.82, 2.24) is 10.1 Å². The third-order valence-corrected chi connectivity index (χ3v) is 3.60. The summed E-state index contributed by atoms with van der Waals surface area (Å²) < 4.78 is 10.2. The number of carbonyl (C=O) groups is 1. The van der Waals surface area contributed by atoms with Crippen LogP contribution < -0.4 is 5.32 Å². The van der Waals surface area contributed by atoms with E-state index in [4.69, 9.17) is 9.26 Å². The van der Waals surface area contributed by atoms with Crippen LogP contribution in [0.3, 0.4) is 0 Å². The van der Waals surface area contributed by atoms with Crippen LogP contribution in [0.4, 0.5) is 5.69 Å². The van der Waals surface area contributed by atoms with Gasteiger partial charge in [0.05, 0.1) is 6.61 Å². The molecule has 1 heterocycles. The molecule has 1 aromatic heterocycles. The van der Waals surface area contributed by atoms with E-state index in [1.807, 2.05) is 52.0 Å². The van der Waals surface area contributed by atoms with E-state index in [1.54, 1.807) is 0 Å². The molecule has 0 amide bonds. The van der Waals surface area contributed by atoms with Crippen LogP contribution in [0.5, 0.6) is 0 Å². The van der Waals surface area contributed by atoms with Gasteiger partial charge in [-0.1, -0.05) is 31.1 Å². The van der Waals surface area contributed by atoms with E-state index in [0.29, 0.717) is 31.2 Å². The minimum atomic E-state index is -0.161. The summed E-state index contributed by atoms with van der Waals surface area (Å²) in [6.07, 6.45) is 1.08. The van der Waals surface area contributed by atoms with E-state index in [9.17, 15) is 4.79 Å². The average molecular weight is 331 g/mol. The number of nitrogens with one attached hydrogen (secondary N) is 1. The summed E-state index contributed by atoms with van der Waals surface area (Å²) in [5.41, 5.74) is 2.06. The van der Waals surface area contributed by atoms with Gasteiger partial charge in [0.2, 0.25) is 5.89 Å². The van der Waals surface area contributed by atoms with Gasteiger partial charge in [0.1, 0.15) is 6.04 Å². The maximum atomic E-state index is 11.4. The predicted molar refractivity (Wildman–Crippen MR) is 91.8 cm³/mol. The van der Waals surface area contributed by atoms with Crippen molar-refractivity contribution >= 4 is 11.7 Å². The number of aromatic nitrogens is 2. The maximum Gasteiger partial charge on any atom is 0.306 e. The van der Waals surface area contributed by atoms with Crippen molar-refractivity contribution in [3.63, 3.8) is 0 Å². The standard InChI is InChI=1S/C18H25N3O3/c1-5-23-16(22)11-8-14-6-9-15(10-7-14)19-13(4)18-20-17(12(2)3)21-24-18/h6-7,9-10,12-13,19H,5,8,11H2,1-4H3/t13-/m1/s1. The topological polar surface area (TPSA) is 77.2 Å². The summed E-state index contributed by atoms with van der Waals surface area (Å²) in [4.78, 5) is 15.8. The van der Waals surface area contributed by atoms with E-state index in [0.717, 1.165) is 11.3 Å². The Hall–Kier alpha value is -2.37. The summed E-state index contributed by atoms with van der Waals surface area (Å²) in [7, 11) is 0. The maximum absolute atomic E-state index is 11.4. The number of hydrogen-bond acceptors (Lipinski definition) is 6. The molecule has 2 aromatic rings. The molecule has 1 atom stereocenters. The molecule has 1 N–H and O–H groups in total. The Morgan fingerprint density at radius 2 is 1.96 bits per heavy atom. The van der Waals surface area contributed by atoms with Crippen molar-refractivity contribution in [1.29, 1.82) is 0 Å². The highest BCUT2D eigenvalue weighted by atomic mass is 16.5. The Morgan fingerprint density at radius 3 is 2.54 bits per heavy atom. The molecule has 0 spiro atoms. The molecule has 130 valence electrons. The Labute approximate surface area is 142 Å². The molecule has 0 saturated carbocycles. The number of aryl methyl sites for hydroxylation is 1. The Balaban J connectivity index is 1.89. The fraction of sp³-hybridized carbons (Fsp3) is 0.500. The van der Waals surface area contributed by atoms with Crippen molar-refractivity contribution in [2.75, 3.05) is 11.9 Å². The van der Waals surface area contributed by atoms with Crippen LogP contribution in [-0.2, 0) is 16.0 Å². The first kappa shape index (κ1) is 18.0. The van der Waals surface area contributed by atoms with Gasteiger partial charge in [0.25, 0.3) is 0 Å². The van der Waals surface area contributed by atoms with Crippen LogP contribution in [0, 0.1) is 0 Å². The number of ether oxygens (including phenoxy) is 1. The second-order valence-corrected chi connectivity index (χ2v) is 6.01. The molecule has 0 radical (unpaired) electrons. The first-order valence-corrected chi connectivity index (χ1v) is 8.34. The molecule has 0 aliphatic carbocycles. The summed E-state index contributed by atoms with van der Waals surface area (Å²) in [6, 6.07) is 7.90. The van der Waals surface area contributed by atoms with E-state index in [-0.39, 0.29) is 17.9 Å². The lowest BCUT2D eigenvalue weighted by atomic mass is 10.1. The number of hydrogen-bond donors (Lipinski definition) is 1. The van der Waals surface area contributed by atoms with Crippen molar-refractivity contribution in [3.05, 3.63) is 41.5 Å². The molecule has 0 saturated heterocycles. The molecule has 6 nitrogen and oxygen atoms in total. The molecule has 2 rings (SSSR count). The Morgan fingerprint density at radius 1 is 1.25 bits per heavy atom. The molecule has 0 bridgehead atoms. The SMILES string of the molecule is CCOC(=O)CCc1ccc(N[C@H](C)c2nc(C(C)C)no2)cc1. The largest absolute Gasteiger partial charge is 0.466 e. The molecule has 0 unspecified atom stereocenters. The first-order valence-electron chi connectivity index (χ1n) is 8.34. The van der Waals surface area contributed by atoms with Crippen LogP contribution in [0.15, 0.2) is 28.8 Å². The van der Waals surface area contributed by atoms with Crippen LogP contribution >= 0.6 is 0 Å². The minimum absolute atomic E-state index is 0.0737. The van der Waals surface area contributed by atoms with Gasteiger partial charge in [-0.3, -0.25) is 4.79 Å². The van der Waals surface area contributed by atoms with Crippen LogP contribution in [0.2, 0.25) is 0 Å². The Kier molecular flexibility index (Phi) is 6.35. The molecule has 1 aromatic carbocycles. The molecule has 0 fully saturated rings. The smallest absolute Gasteiger partial charge is 0.306 e. The fourth-order valence-electron chi connectivity index (χ4n) is 2.22. The van der Waals surface area contributed by atoms with E-state index in [2.05, 4.69) is 15.5 Å². The summed E-state index contributed by atoms with van der Waals surface area (Å²) in [5.74, 6) is 1.37. The molecular formula is C18H25N3O3. The molecule has 6 heteroatoms. The van der Waals surface area contributed by atoms with Crippen LogP contribution in [0.25, 0.3) is 0 Å². The van der Waals surface area contributed by atoms with Gasteiger partial charge in [0.15, 0.2) is 5.82 Å². The first-order chi connectivity index (χ1) is 11.5. The number of benzene rings is 1. The van der Waals surface area contributed by atoms with Crippen molar-refractivity contribution in [2.45, 2.75) is 52.5 Å². The van der Waals surface area contributed by atoms with Gasteiger partial charge in [-0.2, -0.15) is 4.98 Å². The monoisotopic (exact) mass is 331 g/mol. The predicted octanol–water partition coefficient (Wildman–Crippen LogP) is 3.86. The van der Waals surface area contributed by atoms with Gasteiger partial charge in [-0.05, 0) is 38.0 Å². The second-order valence-electron chi connectivity index (χ2n) is 6.01. The van der Waals surface area contributed by atoms with E-state index in [1.165, 1.54) is 0 Å². The highest BCUT2D eigenvalue weighted by molar-refractivity contribution is 5.69. The van der Waals surface area contributed by atoms with Gasteiger partial charge in [-0.25, -0.2) is 0 Å². The molecule has 24 heavy (non-hydrogen) atoms. The molecule has 0 aliphatic heterocycles. The van der Waals surface area contributed by atoms with E-state index >= 15 is 0 Å². The van der Waals surface area contributed by atoms with E-state index < -0.39 is 0 Å². The average Bonchev–Trinajstić information content (AvgIpc) is 3.05. The second kappa shape index (κ2) is 8.47. The van der Waals surface area contributed by atoms with Gasteiger partial charge >= 0.3 is 5.97 Å². The summed E-state index contributed by atoms with van der Waals surface area (Å²) >= 11 is 0. The van der Waals surface area contributed by atoms with Gasteiger partial charge in [-0.15, -0.1) is 0 Å². The lowest BCUT2D eigenvalue weighted by Gasteiger charge is -2.11. The zero-order valence-electron chi connectivity index (χ0n) is 14.7. The summed E-state index contributed by atoms with van der Waals surface area (Å²) in [5, 5.41) is 7.31. The van der Waals surface area contributed by atoms with Crippen LogP contribution in [-0.4, -0.2) is 22.7 Å².